The number of hydrogen-bond acceptors (Lipinski definition) is 3. The smallest absolute Gasteiger partial charge is 0.282 e. The molecule has 0 bridgehead atoms. The second kappa shape index (κ2) is 7.05. The molecule has 0 unspecified atom stereocenters. The van der Waals surface area contributed by atoms with Gasteiger partial charge < -0.3 is 15.1 Å². The molecular weight excluding hydrogens is 280 g/mol. The van der Waals surface area contributed by atoms with Gasteiger partial charge in [0.2, 0.25) is 5.91 Å². The molecule has 1 aliphatic heterocycles. The number of carbonyl (C=O) groups is 2. The lowest BCUT2D eigenvalue weighted by atomic mass is 10.2. The fourth-order valence-electron chi connectivity index (χ4n) is 2.64. The molecule has 2 rings (SSSR count). The van der Waals surface area contributed by atoms with E-state index >= 15 is 0 Å². The van der Waals surface area contributed by atoms with Crippen molar-refractivity contribution >= 4 is 17.5 Å². The van der Waals surface area contributed by atoms with Gasteiger partial charge in [0, 0.05) is 12.6 Å². The molecular formula is C16H21N4O2+. The van der Waals surface area contributed by atoms with E-state index in [0.29, 0.717) is 24.3 Å². The van der Waals surface area contributed by atoms with Crippen LogP contribution in [0.2, 0.25) is 0 Å². The van der Waals surface area contributed by atoms with E-state index in [9.17, 15) is 9.59 Å². The number of nitrogens with one attached hydrogen (secondary N) is 2. The van der Waals surface area contributed by atoms with Crippen molar-refractivity contribution < 1.29 is 14.5 Å². The zero-order valence-electron chi connectivity index (χ0n) is 12.9. The molecule has 1 fully saturated rings. The molecule has 1 atom stereocenters. The third kappa shape index (κ3) is 3.83. The molecule has 22 heavy (non-hydrogen) atoms. The van der Waals surface area contributed by atoms with Crippen LogP contribution in [-0.2, 0) is 9.59 Å². The highest BCUT2D eigenvalue weighted by Gasteiger charge is 2.29. The second-order valence-corrected chi connectivity index (χ2v) is 5.57. The fraction of sp³-hybridized carbons (Fsp3) is 0.438. The normalized spacial score (nSPS) is 16.7. The number of quaternary nitrogens is 1. The lowest BCUT2D eigenvalue weighted by Crippen LogP contribution is -3.19. The van der Waals surface area contributed by atoms with Crippen molar-refractivity contribution in [3.8, 4) is 6.07 Å². The standard InChI is InChI=1S/C16H20N4O2/c1-12(19-6-8-20(9-7-19)13(2)21)16(22)18-15-5-3-4-14(10-15)11-17/h3-5,10,12H,6-9H2,1-2H3,(H,18,22)/p+1/t12-/m0/s1. The van der Waals surface area contributed by atoms with E-state index in [1.807, 2.05) is 11.8 Å². The van der Waals surface area contributed by atoms with Gasteiger partial charge in [0.05, 0.1) is 37.8 Å². The van der Waals surface area contributed by atoms with Crippen molar-refractivity contribution in [1.29, 1.82) is 5.26 Å². The fourth-order valence-corrected chi connectivity index (χ4v) is 2.64. The van der Waals surface area contributed by atoms with Crippen molar-refractivity contribution in [3.63, 3.8) is 0 Å². The summed E-state index contributed by atoms with van der Waals surface area (Å²) in [5.74, 6) is 0.0193. The molecule has 0 saturated carbocycles. The van der Waals surface area contributed by atoms with Gasteiger partial charge in [-0.1, -0.05) is 6.07 Å². The number of hydrogen-bond donors (Lipinski definition) is 2. The molecule has 6 heteroatoms. The van der Waals surface area contributed by atoms with Gasteiger partial charge in [-0.3, -0.25) is 9.59 Å². The topological polar surface area (TPSA) is 77.6 Å². The van der Waals surface area contributed by atoms with E-state index in [1.165, 1.54) is 4.90 Å². The Balaban J connectivity index is 1.92. The number of rotatable bonds is 3. The number of amides is 2. The number of nitrogens with zero attached hydrogens (tertiary/aromatic N) is 2. The number of piperazine rings is 1. The van der Waals surface area contributed by atoms with Gasteiger partial charge in [-0.05, 0) is 25.1 Å². The minimum Gasteiger partial charge on any atom is -0.332 e. The summed E-state index contributed by atoms with van der Waals surface area (Å²) in [4.78, 5) is 26.6. The molecule has 1 aromatic carbocycles. The monoisotopic (exact) mass is 301 g/mol. The van der Waals surface area contributed by atoms with Gasteiger partial charge in [-0.15, -0.1) is 0 Å². The van der Waals surface area contributed by atoms with Crippen LogP contribution in [0.25, 0.3) is 0 Å². The highest BCUT2D eigenvalue weighted by atomic mass is 16.2. The van der Waals surface area contributed by atoms with E-state index in [0.717, 1.165) is 13.1 Å². The van der Waals surface area contributed by atoms with Crippen LogP contribution in [0.5, 0.6) is 0 Å². The largest absolute Gasteiger partial charge is 0.332 e. The van der Waals surface area contributed by atoms with Crippen molar-refractivity contribution in [2.24, 2.45) is 0 Å². The van der Waals surface area contributed by atoms with Crippen LogP contribution in [-0.4, -0.2) is 48.9 Å². The number of carbonyl (C=O) groups excluding carboxylic acids is 2. The summed E-state index contributed by atoms with van der Waals surface area (Å²) < 4.78 is 0. The molecule has 6 nitrogen and oxygen atoms in total. The first-order valence-corrected chi connectivity index (χ1v) is 7.42. The summed E-state index contributed by atoms with van der Waals surface area (Å²) in [7, 11) is 0. The van der Waals surface area contributed by atoms with Gasteiger partial charge >= 0.3 is 0 Å². The summed E-state index contributed by atoms with van der Waals surface area (Å²) in [5.41, 5.74) is 1.16. The molecule has 0 spiro atoms. The van der Waals surface area contributed by atoms with E-state index in [-0.39, 0.29) is 17.9 Å². The average Bonchev–Trinajstić information content (AvgIpc) is 2.54. The van der Waals surface area contributed by atoms with Crippen LogP contribution in [0, 0.1) is 11.3 Å². The van der Waals surface area contributed by atoms with Crippen LogP contribution < -0.4 is 10.2 Å². The molecule has 1 aromatic rings. The minimum atomic E-state index is -0.195. The predicted molar refractivity (Wildman–Crippen MR) is 82.2 cm³/mol. The molecule has 116 valence electrons. The lowest BCUT2D eigenvalue weighted by Gasteiger charge is -2.34. The Kier molecular flexibility index (Phi) is 5.12. The van der Waals surface area contributed by atoms with Crippen LogP contribution in [0.4, 0.5) is 5.69 Å². The average molecular weight is 301 g/mol. The first-order chi connectivity index (χ1) is 10.5. The van der Waals surface area contributed by atoms with E-state index in [4.69, 9.17) is 5.26 Å². The molecule has 2 amide bonds. The molecule has 1 aliphatic rings. The summed E-state index contributed by atoms with van der Waals surface area (Å²) in [6.45, 7) is 6.38. The first-order valence-electron chi connectivity index (χ1n) is 7.42. The van der Waals surface area contributed by atoms with E-state index in [2.05, 4.69) is 11.4 Å². The Morgan fingerprint density at radius 3 is 2.64 bits per heavy atom. The third-order valence-electron chi connectivity index (χ3n) is 4.12. The summed E-state index contributed by atoms with van der Waals surface area (Å²) in [6, 6.07) is 8.74. The van der Waals surface area contributed by atoms with Crippen molar-refractivity contribution in [3.05, 3.63) is 29.8 Å². The quantitative estimate of drug-likeness (QED) is 0.800. The Morgan fingerprint density at radius 2 is 2.05 bits per heavy atom. The van der Waals surface area contributed by atoms with Gasteiger partial charge in [-0.25, -0.2) is 0 Å². The summed E-state index contributed by atoms with van der Waals surface area (Å²) in [5, 5.41) is 11.7. The SMILES string of the molecule is CC(=O)N1CC[NH+]([C@@H](C)C(=O)Nc2cccc(C#N)c2)CC1. The Bertz CT molecular complexity index is 600. The first kappa shape index (κ1) is 16.0. The second-order valence-electron chi connectivity index (χ2n) is 5.57. The van der Waals surface area contributed by atoms with Crippen LogP contribution in [0.1, 0.15) is 19.4 Å². The zero-order chi connectivity index (χ0) is 16.1. The van der Waals surface area contributed by atoms with Gasteiger partial charge in [0.15, 0.2) is 6.04 Å². The van der Waals surface area contributed by atoms with Crippen molar-refractivity contribution in [1.82, 2.24) is 4.90 Å². The molecule has 0 aliphatic carbocycles. The molecule has 1 heterocycles. The van der Waals surface area contributed by atoms with Crippen molar-refractivity contribution in [2.45, 2.75) is 19.9 Å². The van der Waals surface area contributed by atoms with Gasteiger partial charge in [0.25, 0.3) is 5.91 Å². The highest BCUT2D eigenvalue weighted by Crippen LogP contribution is 2.09. The van der Waals surface area contributed by atoms with Crippen LogP contribution in [0.15, 0.2) is 24.3 Å². The predicted octanol–water partition coefficient (Wildman–Crippen LogP) is -0.368. The van der Waals surface area contributed by atoms with Crippen LogP contribution in [0.3, 0.4) is 0 Å². The highest BCUT2D eigenvalue weighted by molar-refractivity contribution is 5.93. The molecule has 1 saturated heterocycles. The maximum absolute atomic E-state index is 12.3. The van der Waals surface area contributed by atoms with Crippen LogP contribution >= 0.6 is 0 Å². The minimum absolute atomic E-state index is 0.0682. The maximum atomic E-state index is 12.3. The Labute approximate surface area is 130 Å². The van der Waals surface area contributed by atoms with Gasteiger partial charge in [-0.2, -0.15) is 5.26 Å². The third-order valence-corrected chi connectivity index (χ3v) is 4.12. The van der Waals surface area contributed by atoms with E-state index < -0.39 is 0 Å². The summed E-state index contributed by atoms with van der Waals surface area (Å²) in [6.07, 6.45) is 0. The Hall–Kier alpha value is -2.39. The Morgan fingerprint density at radius 1 is 1.36 bits per heavy atom. The number of benzene rings is 1. The van der Waals surface area contributed by atoms with Crippen molar-refractivity contribution in [2.75, 3.05) is 31.5 Å². The molecule has 2 N–H and O–H groups in total. The lowest BCUT2D eigenvalue weighted by molar-refractivity contribution is -0.917. The molecule has 0 radical (unpaired) electrons. The maximum Gasteiger partial charge on any atom is 0.282 e. The van der Waals surface area contributed by atoms with Gasteiger partial charge in [0.1, 0.15) is 0 Å². The zero-order valence-corrected chi connectivity index (χ0v) is 12.9. The van der Waals surface area contributed by atoms with E-state index in [1.54, 1.807) is 31.2 Å². The number of nitriles is 1. The summed E-state index contributed by atoms with van der Waals surface area (Å²) >= 11 is 0. The number of anilines is 1. The molecule has 0 aromatic heterocycles.